The fraction of sp³-hybridized carbons (Fsp3) is 0.128. The summed E-state index contributed by atoms with van der Waals surface area (Å²) < 4.78 is 322. The molecule has 0 atom stereocenters. The minimum Gasteiger partial charge on any atom is -0.481 e. The lowest BCUT2D eigenvalue weighted by Crippen LogP contribution is -2.21. The van der Waals surface area contributed by atoms with Crippen molar-refractivity contribution >= 4 is 80.1 Å². The maximum absolute atomic E-state index is 17.5. The van der Waals surface area contributed by atoms with Crippen molar-refractivity contribution in [3.05, 3.63) is 256 Å². The highest BCUT2D eigenvalue weighted by atomic mass is 19.2. The molecule has 2 N–H and O–H groups in total. The number of ether oxygens (including phenoxy) is 4. The van der Waals surface area contributed by atoms with Crippen molar-refractivity contribution in [1.82, 2.24) is 59.1 Å². The van der Waals surface area contributed by atoms with E-state index < -0.39 is 242 Å². The van der Waals surface area contributed by atoms with Gasteiger partial charge in [-0.1, -0.05) is 10.4 Å². The summed E-state index contributed by atoms with van der Waals surface area (Å²) in [6.45, 7) is 4.86. The van der Waals surface area contributed by atoms with Crippen molar-refractivity contribution in [3.8, 4) is 67.4 Å². The van der Waals surface area contributed by atoms with Crippen molar-refractivity contribution in [1.29, 1.82) is 0 Å². The normalized spacial score (nSPS) is 12.0. The average molecular weight is 1620 g/mol. The van der Waals surface area contributed by atoms with E-state index >= 15 is 70.2 Å². The second-order valence-corrected chi connectivity index (χ2v) is 25.4. The quantitative estimate of drug-likeness (QED) is 0.0352. The summed E-state index contributed by atoms with van der Waals surface area (Å²) in [5.74, 6) is -51.0. The Hall–Kier alpha value is -14.1. The number of pyridine rings is 2. The average Bonchev–Trinajstić information content (AvgIpc) is 1.58. The summed E-state index contributed by atoms with van der Waals surface area (Å²) >= 11 is 0. The van der Waals surface area contributed by atoms with Crippen LogP contribution < -0.4 is 20.3 Å². The van der Waals surface area contributed by atoms with E-state index in [1.807, 2.05) is 0 Å². The number of nitrogens with zero attached hydrogens (tertiary/aromatic N) is 10. The molecule has 0 radical (unpaired) electrons. The summed E-state index contributed by atoms with van der Waals surface area (Å²) in [7, 11) is 0. The lowest BCUT2D eigenvalue weighted by atomic mass is 10.0. The van der Waals surface area contributed by atoms with Gasteiger partial charge in [0.15, 0.2) is 81.3 Å². The van der Waals surface area contributed by atoms with E-state index in [1.54, 1.807) is 23.0 Å². The Bertz CT molecular complexity index is 6330. The SMILES string of the molecule is CCOC(=O)c1cn(CC)c2ccc(-n3cc(COc4c(F)c(F)c(-c5c6nc(c(-c7c(F)c(F)c(F)c(F)c7F)c7ccc([nH]7)c(-c7c(F)c(F)c(F)c(F)c7F)c7nc(c(-c8c(F)c(F)c(OCc9cn(-c%10ccc%11c(c%10)c(=O)c(C(=O)OCC)cn%11CC)nn9)c(F)c8F)c8ccc5[nH]8)C=C7)C=C6)c(F)c4F)nn3)cc2c1=O. The van der Waals surface area contributed by atoms with E-state index in [-0.39, 0.29) is 71.0 Å². The highest BCUT2D eigenvalue weighted by molar-refractivity contribution is 6.01. The van der Waals surface area contributed by atoms with Crippen molar-refractivity contribution < 1.29 is 108 Å². The van der Waals surface area contributed by atoms with Gasteiger partial charge in [0.1, 0.15) is 35.7 Å². The van der Waals surface area contributed by atoms with E-state index in [9.17, 15) is 28.0 Å². The number of carbonyl (C=O) groups excluding carboxylic acids is 2. The molecule has 0 spiro atoms. The molecule has 38 heteroatoms. The zero-order valence-electron chi connectivity index (χ0n) is 59.2. The van der Waals surface area contributed by atoms with E-state index in [1.165, 1.54) is 62.6 Å². The minimum atomic E-state index is -2.74. The van der Waals surface area contributed by atoms with Crippen LogP contribution in [0.3, 0.4) is 0 Å². The summed E-state index contributed by atoms with van der Waals surface area (Å²) in [6, 6.07) is 11.3. The molecule has 0 fully saturated rings. The van der Waals surface area contributed by atoms with Crippen LogP contribution in [0.25, 0.3) is 124 Å². The minimum absolute atomic E-state index is 0.00769. The van der Waals surface area contributed by atoms with Crippen LogP contribution in [-0.4, -0.2) is 84.2 Å². The zero-order chi connectivity index (χ0) is 82.6. The molecule has 8 bridgehead atoms. The summed E-state index contributed by atoms with van der Waals surface area (Å²) in [6.07, 6.45) is 7.41. The van der Waals surface area contributed by atoms with Crippen LogP contribution in [0.4, 0.5) is 79.0 Å². The molecular weight excluding hydrogens is 1570 g/mol. The lowest BCUT2D eigenvalue weighted by Gasteiger charge is -2.14. The molecule has 590 valence electrons. The van der Waals surface area contributed by atoms with Gasteiger partial charge in [-0.25, -0.2) is 90.4 Å². The van der Waals surface area contributed by atoms with Crippen LogP contribution in [0, 0.1) is 105 Å². The Morgan fingerprint density at radius 3 is 0.931 bits per heavy atom. The van der Waals surface area contributed by atoms with Gasteiger partial charge in [-0.3, -0.25) is 9.59 Å². The zero-order valence-corrected chi connectivity index (χ0v) is 59.2. The van der Waals surface area contributed by atoms with E-state index in [2.05, 4.69) is 40.6 Å². The van der Waals surface area contributed by atoms with Crippen LogP contribution in [0.2, 0.25) is 0 Å². The highest BCUT2D eigenvalue weighted by Crippen LogP contribution is 2.47. The Morgan fingerprint density at radius 2 is 0.647 bits per heavy atom. The van der Waals surface area contributed by atoms with E-state index in [0.717, 1.165) is 21.8 Å². The van der Waals surface area contributed by atoms with Crippen LogP contribution >= 0.6 is 0 Å². The van der Waals surface area contributed by atoms with Crippen molar-refractivity contribution in [2.45, 2.75) is 54.0 Å². The van der Waals surface area contributed by atoms with Gasteiger partial charge in [-0.15, -0.1) is 10.2 Å². The van der Waals surface area contributed by atoms with Crippen LogP contribution in [0.1, 0.15) is 82.6 Å². The second kappa shape index (κ2) is 29.8. The molecule has 15 rings (SSSR count). The molecule has 13 aromatic rings. The number of nitrogens with one attached hydrogen (secondary N) is 2. The molecule has 0 unspecified atom stereocenters. The van der Waals surface area contributed by atoms with Crippen LogP contribution in [-0.2, 0) is 35.8 Å². The van der Waals surface area contributed by atoms with Crippen LogP contribution in [0.15, 0.2) is 95.0 Å². The molecule has 0 aliphatic carbocycles. The fourth-order valence-corrected chi connectivity index (χ4v) is 13.4. The number of carbonyl (C=O) groups is 2. The van der Waals surface area contributed by atoms with Gasteiger partial charge in [0, 0.05) is 80.6 Å². The summed E-state index contributed by atoms with van der Waals surface area (Å²) in [4.78, 5) is 65.8. The topological polar surface area (TPSA) is 234 Å². The standard InChI is InChI=1S/C78H44F18N12O8/c1-5-105-25-35(77(111)113-7-3)73(109)33-21-31(9-19-45(33)105)107-23-29(101-103-107)27-115-75-69(93)59(83)53(60(84)70(75)94)49-41-15-13-39(98-41)47(51-55(79)63(87)67(91)64(88)56(51)80)37-11-12-38(97-37)48(52-57(81)65(89)68(92)66(90)58(52)82)40-14-16-42(99-40)50(44-18-17-43(49)100-44)54-61(85)71(95)76(72(96)62(54)86)116-28-30-24-108(104-102-30)32-10-20-46-34(22-32)74(110)36(26-106(46)6-2)78(112)114-8-4/h9-26,97,100H,5-8,27-28H2,1-4H3. The number of benzene rings is 6. The highest BCUT2D eigenvalue weighted by Gasteiger charge is 2.37. The molecule has 2 aliphatic heterocycles. The summed E-state index contributed by atoms with van der Waals surface area (Å²) in [5, 5.41) is 15.6. The largest absolute Gasteiger partial charge is 0.481 e. The van der Waals surface area contributed by atoms with Crippen LogP contribution in [0.5, 0.6) is 11.5 Å². The Kier molecular flexibility index (Phi) is 19.8. The van der Waals surface area contributed by atoms with Gasteiger partial charge < -0.3 is 38.0 Å². The number of H-pyrrole nitrogens is 2. The number of rotatable bonds is 18. The number of hydrogen-bond acceptors (Lipinski definition) is 14. The molecule has 20 nitrogen and oxygen atoms in total. The second-order valence-electron chi connectivity index (χ2n) is 25.4. The molecule has 0 amide bonds. The molecule has 9 heterocycles. The van der Waals surface area contributed by atoms with Crippen molar-refractivity contribution in [2.24, 2.45) is 0 Å². The molecule has 116 heavy (non-hydrogen) atoms. The van der Waals surface area contributed by atoms with Crippen molar-refractivity contribution in [3.63, 3.8) is 0 Å². The maximum atomic E-state index is 17.5. The van der Waals surface area contributed by atoms with Gasteiger partial charge in [-0.2, -0.15) is 17.6 Å². The van der Waals surface area contributed by atoms with Gasteiger partial charge in [0.05, 0.1) is 93.0 Å². The number of aromatic amines is 2. The van der Waals surface area contributed by atoms with Gasteiger partial charge in [0.25, 0.3) is 0 Å². The smallest absolute Gasteiger partial charge is 0.343 e. The maximum Gasteiger partial charge on any atom is 0.343 e. The van der Waals surface area contributed by atoms with Gasteiger partial charge in [-0.05, 0) is 113 Å². The number of aryl methyl sites for hydroxylation is 2. The first-order valence-corrected chi connectivity index (χ1v) is 34.2. The number of esters is 2. The van der Waals surface area contributed by atoms with E-state index in [4.69, 9.17) is 18.9 Å². The molecule has 0 saturated heterocycles. The first-order valence-electron chi connectivity index (χ1n) is 34.2. The third-order valence-corrected chi connectivity index (χ3v) is 18.8. The van der Waals surface area contributed by atoms with Crippen molar-refractivity contribution in [2.75, 3.05) is 13.2 Å². The molecule has 0 saturated carbocycles. The predicted molar refractivity (Wildman–Crippen MR) is 378 cm³/mol. The first-order chi connectivity index (χ1) is 55.5. The van der Waals surface area contributed by atoms with Gasteiger partial charge in [0.2, 0.25) is 45.8 Å². The number of halogens is 18. The molecule has 7 aromatic heterocycles. The molecule has 2 aliphatic rings. The molecular formula is C78H44F18N12O8. The molecule has 6 aromatic carbocycles. The Morgan fingerprint density at radius 1 is 0.362 bits per heavy atom. The van der Waals surface area contributed by atoms with Gasteiger partial charge >= 0.3 is 11.9 Å². The fourth-order valence-electron chi connectivity index (χ4n) is 13.4. The third kappa shape index (κ3) is 12.7. The monoisotopic (exact) mass is 1620 g/mol. The third-order valence-electron chi connectivity index (χ3n) is 18.8. The lowest BCUT2D eigenvalue weighted by molar-refractivity contribution is 0.0514. The Balaban J connectivity index is 0.910. The predicted octanol–water partition coefficient (Wildman–Crippen LogP) is 17.2. The summed E-state index contributed by atoms with van der Waals surface area (Å²) in [5.41, 5.74) is -22.2. The van der Waals surface area contributed by atoms with E-state index in [0.29, 0.717) is 59.6 Å². The number of aromatic nitrogens is 12. The Labute approximate surface area is 635 Å². The number of hydrogen-bond donors (Lipinski definition) is 2. The first kappa shape index (κ1) is 77.2. The number of fused-ring (bicyclic) bond motifs is 10.